The first-order valence-electron chi connectivity index (χ1n) is 2.29. The molecule has 4 heteroatoms. The first-order chi connectivity index (χ1) is 3.93. The van der Waals surface area contributed by atoms with Crippen molar-refractivity contribution in [1.82, 2.24) is 5.48 Å². The van der Waals surface area contributed by atoms with Crippen LogP contribution >= 0.6 is 0 Å². The summed E-state index contributed by atoms with van der Waals surface area (Å²) in [4.78, 5) is 14.1. The van der Waals surface area contributed by atoms with Gasteiger partial charge in [-0.2, -0.15) is 0 Å². The molecule has 0 unspecified atom stereocenters. The Labute approximate surface area is 46.7 Å². The summed E-state index contributed by atoms with van der Waals surface area (Å²) in [7, 11) is 0. The van der Waals surface area contributed by atoms with Crippen LogP contribution in [0, 0.1) is 0 Å². The molecule has 4 nitrogen and oxygen atoms in total. The molecular formula is C4H6NO3. The lowest BCUT2D eigenvalue weighted by Gasteiger charge is -2.23. The minimum Gasteiger partial charge on any atom is -0.376 e. The number of amides is 1. The van der Waals surface area contributed by atoms with E-state index in [-0.39, 0.29) is 6.10 Å². The fourth-order valence-corrected chi connectivity index (χ4v) is 0.390. The van der Waals surface area contributed by atoms with Crippen molar-refractivity contribution in [3.05, 3.63) is 0 Å². The van der Waals surface area contributed by atoms with Crippen molar-refractivity contribution < 1.29 is 14.4 Å². The predicted molar refractivity (Wildman–Crippen MR) is 24.5 cm³/mol. The Balaban J connectivity index is 1.93. The van der Waals surface area contributed by atoms with Crippen LogP contribution in [0.25, 0.3) is 0 Å². The van der Waals surface area contributed by atoms with E-state index in [1.165, 1.54) is 6.41 Å². The molecule has 0 aromatic carbocycles. The smallest absolute Gasteiger partial charge is 0.335 e. The van der Waals surface area contributed by atoms with Gasteiger partial charge in [-0.15, -0.1) is 0 Å². The summed E-state index contributed by atoms with van der Waals surface area (Å²) in [5.74, 6) is 0. The minimum atomic E-state index is 0.0384. The highest BCUT2D eigenvalue weighted by Crippen LogP contribution is 2.01. The average Bonchev–Trinajstić information content (AvgIpc) is 1.63. The molecule has 1 saturated heterocycles. The van der Waals surface area contributed by atoms with E-state index < -0.39 is 0 Å². The monoisotopic (exact) mass is 116 g/mol. The number of hydrogen-bond acceptors (Lipinski definition) is 3. The van der Waals surface area contributed by atoms with Crippen LogP contribution in [0.3, 0.4) is 0 Å². The Hall–Kier alpha value is -0.610. The van der Waals surface area contributed by atoms with Crippen LogP contribution in [-0.2, 0) is 14.4 Å². The van der Waals surface area contributed by atoms with E-state index in [1.54, 1.807) is 0 Å². The maximum Gasteiger partial charge on any atom is 0.335 e. The van der Waals surface area contributed by atoms with Gasteiger partial charge in [0.15, 0.2) is 0 Å². The number of hydrogen-bond donors (Lipinski definition) is 1. The molecule has 1 radical (unpaired) electrons. The van der Waals surface area contributed by atoms with Crippen LogP contribution in [0.1, 0.15) is 0 Å². The Morgan fingerprint density at radius 2 is 2.50 bits per heavy atom. The van der Waals surface area contributed by atoms with Crippen LogP contribution in [0.15, 0.2) is 0 Å². The molecule has 0 bridgehead atoms. The van der Waals surface area contributed by atoms with Gasteiger partial charge in [-0.3, -0.25) is 9.63 Å². The summed E-state index contributed by atoms with van der Waals surface area (Å²) in [6, 6.07) is 0. The summed E-state index contributed by atoms with van der Waals surface area (Å²) < 4.78 is 4.74. The van der Waals surface area contributed by atoms with Crippen molar-refractivity contribution >= 4 is 6.41 Å². The highest BCUT2D eigenvalue weighted by atomic mass is 16.7. The summed E-state index contributed by atoms with van der Waals surface area (Å²) in [6.45, 7) is 1.13. The van der Waals surface area contributed by atoms with Gasteiger partial charge in [0.25, 0.3) is 0 Å². The van der Waals surface area contributed by atoms with E-state index in [0.29, 0.717) is 13.2 Å². The largest absolute Gasteiger partial charge is 0.376 e. The van der Waals surface area contributed by atoms with Crippen molar-refractivity contribution in [3.8, 4) is 0 Å². The molecule has 0 aliphatic carbocycles. The van der Waals surface area contributed by atoms with Crippen molar-refractivity contribution in [2.75, 3.05) is 13.2 Å². The molecule has 0 aromatic heterocycles. The van der Waals surface area contributed by atoms with E-state index in [4.69, 9.17) is 4.74 Å². The van der Waals surface area contributed by atoms with Gasteiger partial charge in [0.2, 0.25) is 0 Å². The second-order valence-electron chi connectivity index (χ2n) is 1.48. The Morgan fingerprint density at radius 3 is 2.88 bits per heavy atom. The Morgan fingerprint density at radius 1 is 1.75 bits per heavy atom. The minimum absolute atomic E-state index is 0.0384. The maximum atomic E-state index is 9.45. The molecule has 1 aliphatic heterocycles. The Bertz CT molecular complexity index is 81.4. The van der Waals surface area contributed by atoms with E-state index in [1.807, 2.05) is 5.48 Å². The van der Waals surface area contributed by atoms with Crippen molar-refractivity contribution in [1.29, 1.82) is 0 Å². The average molecular weight is 116 g/mol. The molecule has 0 atom stereocenters. The standard InChI is InChI=1S/C4H6NO3/c6-3-5-8-4-1-7-2-4/h4H,1-2H2,(H,5,6). The lowest BCUT2D eigenvalue weighted by atomic mass is 10.3. The highest BCUT2D eigenvalue weighted by molar-refractivity contribution is 5.44. The van der Waals surface area contributed by atoms with E-state index in [2.05, 4.69) is 4.84 Å². The summed E-state index contributed by atoms with van der Waals surface area (Å²) in [5, 5.41) is 0. The number of carbonyl (C=O) groups excluding carboxylic acids is 1. The van der Waals surface area contributed by atoms with E-state index >= 15 is 0 Å². The third-order valence-corrected chi connectivity index (χ3v) is 0.875. The fraction of sp³-hybridized carbons (Fsp3) is 0.750. The molecule has 0 aromatic rings. The molecular weight excluding hydrogens is 110 g/mol. The van der Waals surface area contributed by atoms with Gasteiger partial charge in [-0.05, 0) is 0 Å². The first-order valence-corrected chi connectivity index (χ1v) is 2.29. The third kappa shape index (κ3) is 1.18. The summed E-state index contributed by atoms with van der Waals surface area (Å²) in [5.41, 5.74) is 1.96. The molecule has 1 aliphatic rings. The van der Waals surface area contributed by atoms with Gasteiger partial charge in [-0.25, -0.2) is 5.48 Å². The van der Waals surface area contributed by atoms with Gasteiger partial charge in [-0.1, -0.05) is 0 Å². The van der Waals surface area contributed by atoms with Crippen LogP contribution in [0.2, 0.25) is 0 Å². The topological polar surface area (TPSA) is 47.6 Å². The second-order valence-corrected chi connectivity index (χ2v) is 1.48. The Kier molecular flexibility index (Phi) is 1.82. The van der Waals surface area contributed by atoms with Crippen LogP contribution in [0.4, 0.5) is 0 Å². The molecule has 1 fully saturated rings. The maximum absolute atomic E-state index is 9.45. The molecule has 1 amide bonds. The molecule has 0 spiro atoms. The van der Waals surface area contributed by atoms with Gasteiger partial charge >= 0.3 is 6.41 Å². The molecule has 1 heterocycles. The first kappa shape index (κ1) is 5.53. The van der Waals surface area contributed by atoms with E-state index in [9.17, 15) is 4.79 Å². The van der Waals surface area contributed by atoms with Crippen LogP contribution in [0.5, 0.6) is 0 Å². The molecule has 45 valence electrons. The number of rotatable bonds is 3. The quantitative estimate of drug-likeness (QED) is 0.379. The lowest BCUT2D eigenvalue weighted by molar-refractivity contribution is -0.148. The molecule has 1 rings (SSSR count). The summed E-state index contributed by atoms with van der Waals surface area (Å²) >= 11 is 0. The van der Waals surface area contributed by atoms with Crippen LogP contribution in [-0.4, -0.2) is 25.7 Å². The van der Waals surface area contributed by atoms with Crippen molar-refractivity contribution in [2.45, 2.75) is 6.10 Å². The summed E-state index contributed by atoms with van der Waals surface area (Å²) in [6.07, 6.45) is 1.43. The fourth-order valence-electron chi connectivity index (χ4n) is 0.390. The van der Waals surface area contributed by atoms with Crippen molar-refractivity contribution in [3.63, 3.8) is 0 Å². The van der Waals surface area contributed by atoms with Crippen molar-refractivity contribution in [2.24, 2.45) is 0 Å². The number of ether oxygens (including phenoxy) is 1. The normalized spacial score (nSPS) is 19.5. The van der Waals surface area contributed by atoms with Crippen LogP contribution < -0.4 is 5.48 Å². The predicted octanol–water partition coefficient (Wildman–Crippen LogP) is -1.03. The highest BCUT2D eigenvalue weighted by Gasteiger charge is 2.18. The van der Waals surface area contributed by atoms with Gasteiger partial charge in [0.05, 0.1) is 13.2 Å². The number of hydroxylamine groups is 1. The zero-order chi connectivity index (χ0) is 5.82. The molecule has 8 heavy (non-hydrogen) atoms. The molecule has 1 N–H and O–H groups in total. The second kappa shape index (κ2) is 2.64. The lowest BCUT2D eigenvalue weighted by Crippen LogP contribution is -2.39. The van der Waals surface area contributed by atoms with Gasteiger partial charge in [0, 0.05) is 0 Å². The molecule has 0 saturated carbocycles. The third-order valence-electron chi connectivity index (χ3n) is 0.875. The van der Waals surface area contributed by atoms with Gasteiger partial charge < -0.3 is 4.74 Å². The van der Waals surface area contributed by atoms with Gasteiger partial charge in [0.1, 0.15) is 6.10 Å². The SMILES string of the molecule is O=[C]NOC1COC1. The number of nitrogens with one attached hydrogen (secondary N) is 1. The van der Waals surface area contributed by atoms with E-state index in [0.717, 1.165) is 0 Å². The zero-order valence-electron chi connectivity index (χ0n) is 4.22. The zero-order valence-corrected chi connectivity index (χ0v) is 4.22.